The molecule has 0 bridgehead atoms. The van der Waals surface area contributed by atoms with Crippen LogP contribution in [-0.2, 0) is 0 Å². The van der Waals surface area contributed by atoms with Gasteiger partial charge in [-0.1, -0.05) is 78.9 Å². The van der Waals surface area contributed by atoms with Crippen LogP contribution in [0.3, 0.4) is 0 Å². The number of nitrogens with one attached hydrogen (secondary N) is 1. The average molecular weight is 447 g/mol. The first kappa shape index (κ1) is 22.6. The van der Waals surface area contributed by atoms with E-state index < -0.39 is 0 Å². The summed E-state index contributed by atoms with van der Waals surface area (Å²) < 4.78 is 0. The summed E-state index contributed by atoms with van der Waals surface area (Å²) in [5.41, 5.74) is 4.85. The molecule has 2 aliphatic heterocycles. The van der Waals surface area contributed by atoms with Gasteiger partial charge in [0.05, 0.1) is 6.04 Å². The Hall–Kier alpha value is -2.62. The zero-order valence-electron chi connectivity index (χ0n) is 18.3. The van der Waals surface area contributed by atoms with E-state index in [0.717, 1.165) is 44.5 Å². The summed E-state index contributed by atoms with van der Waals surface area (Å²) in [6, 6.07) is 30.0. The van der Waals surface area contributed by atoms with Gasteiger partial charge in [-0.15, -0.1) is 12.4 Å². The summed E-state index contributed by atoms with van der Waals surface area (Å²) in [5.74, 6) is 1.06. The molecule has 1 saturated heterocycles. The SMILES string of the molecule is Cl.O=C1NC(C2CCN(CCC(c3ccccc3)c3ccccc3)CC2)c2ccccc21. The minimum Gasteiger partial charge on any atom is -0.345 e. The fraction of sp³-hybridized carbons (Fsp3) is 0.321. The van der Waals surface area contributed by atoms with E-state index in [0.29, 0.717) is 11.8 Å². The molecule has 3 aromatic rings. The maximum Gasteiger partial charge on any atom is 0.252 e. The van der Waals surface area contributed by atoms with Gasteiger partial charge in [-0.05, 0) is 67.6 Å². The largest absolute Gasteiger partial charge is 0.345 e. The molecule has 1 atom stereocenters. The zero-order chi connectivity index (χ0) is 21.0. The fourth-order valence-corrected chi connectivity index (χ4v) is 5.36. The lowest BCUT2D eigenvalue weighted by atomic mass is 9.85. The third-order valence-corrected chi connectivity index (χ3v) is 7.07. The predicted molar refractivity (Wildman–Crippen MR) is 132 cm³/mol. The summed E-state index contributed by atoms with van der Waals surface area (Å²) >= 11 is 0. The van der Waals surface area contributed by atoms with Crippen LogP contribution in [0.5, 0.6) is 0 Å². The van der Waals surface area contributed by atoms with Gasteiger partial charge in [0.15, 0.2) is 0 Å². The van der Waals surface area contributed by atoms with Crippen LogP contribution in [0.1, 0.15) is 58.3 Å². The topological polar surface area (TPSA) is 32.3 Å². The lowest BCUT2D eigenvalue weighted by Crippen LogP contribution is -2.39. The van der Waals surface area contributed by atoms with Crippen LogP contribution >= 0.6 is 12.4 Å². The predicted octanol–water partition coefficient (Wildman–Crippen LogP) is 5.83. The zero-order valence-corrected chi connectivity index (χ0v) is 19.1. The van der Waals surface area contributed by atoms with E-state index in [1.54, 1.807) is 0 Å². The second-order valence-corrected chi connectivity index (χ2v) is 8.88. The Morgan fingerprint density at radius 3 is 2.00 bits per heavy atom. The molecule has 1 amide bonds. The van der Waals surface area contributed by atoms with Gasteiger partial charge in [0.25, 0.3) is 5.91 Å². The average Bonchev–Trinajstić information content (AvgIpc) is 3.18. The van der Waals surface area contributed by atoms with Crippen molar-refractivity contribution in [3.8, 4) is 0 Å². The summed E-state index contributed by atoms with van der Waals surface area (Å²) in [6.07, 6.45) is 3.41. The molecule has 0 aliphatic carbocycles. The highest BCUT2D eigenvalue weighted by atomic mass is 35.5. The quantitative estimate of drug-likeness (QED) is 0.516. The Kier molecular flexibility index (Phi) is 7.29. The number of nitrogens with zero attached hydrogens (tertiary/aromatic N) is 1. The van der Waals surface area contributed by atoms with Crippen molar-refractivity contribution in [2.45, 2.75) is 31.2 Å². The van der Waals surface area contributed by atoms with E-state index in [2.05, 4.69) is 83.0 Å². The number of fused-ring (bicyclic) bond motifs is 1. The first-order valence-electron chi connectivity index (χ1n) is 11.5. The molecule has 0 spiro atoms. The number of rotatable bonds is 6. The maximum absolute atomic E-state index is 12.3. The summed E-state index contributed by atoms with van der Waals surface area (Å²) in [5, 5.41) is 3.24. The third-order valence-electron chi connectivity index (χ3n) is 7.07. The molecule has 0 aromatic heterocycles. The van der Waals surface area contributed by atoms with Crippen molar-refractivity contribution in [3.63, 3.8) is 0 Å². The number of carbonyl (C=O) groups is 1. The van der Waals surface area contributed by atoms with Crippen LogP contribution in [0.4, 0.5) is 0 Å². The van der Waals surface area contributed by atoms with Gasteiger partial charge in [0.1, 0.15) is 0 Å². The van der Waals surface area contributed by atoms with E-state index in [1.165, 1.54) is 16.7 Å². The molecule has 5 rings (SSSR count). The lowest BCUT2D eigenvalue weighted by molar-refractivity contribution is 0.0926. The molecule has 32 heavy (non-hydrogen) atoms. The molecule has 3 nitrogen and oxygen atoms in total. The Morgan fingerprint density at radius 1 is 0.812 bits per heavy atom. The highest BCUT2D eigenvalue weighted by molar-refractivity contribution is 5.99. The molecule has 1 fully saturated rings. The van der Waals surface area contributed by atoms with Crippen molar-refractivity contribution in [1.29, 1.82) is 0 Å². The number of likely N-dealkylation sites (tertiary alicyclic amines) is 1. The van der Waals surface area contributed by atoms with E-state index in [-0.39, 0.29) is 24.4 Å². The molecule has 0 radical (unpaired) electrons. The third kappa shape index (κ3) is 4.74. The minimum atomic E-state index is 0. The highest BCUT2D eigenvalue weighted by Crippen LogP contribution is 2.37. The van der Waals surface area contributed by atoms with E-state index >= 15 is 0 Å². The normalized spacial score (nSPS) is 18.8. The van der Waals surface area contributed by atoms with Crippen molar-refractivity contribution in [3.05, 3.63) is 107 Å². The molecule has 4 heteroatoms. The van der Waals surface area contributed by atoms with Gasteiger partial charge in [0, 0.05) is 11.5 Å². The van der Waals surface area contributed by atoms with Crippen molar-refractivity contribution in [1.82, 2.24) is 10.2 Å². The number of hydrogen-bond acceptors (Lipinski definition) is 2. The Bertz CT molecular complexity index is 976. The Balaban J connectivity index is 0.00000245. The molecule has 1 unspecified atom stereocenters. The minimum absolute atomic E-state index is 0. The monoisotopic (exact) mass is 446 g/mol. The fourth-order valence-electron chi connectivity index (χ4n) is 5.36. The number of hydrogen-bond donors (Lipinski definition) is 1. The van der Waals surface area contributed by atoms with Gasteiger partial charge in [0.2, 0.25) is 0 Å². The number of amides is 1. The van der Waals surface area contributed by atoms with Crippen LogP contribution in [0.25, 0.3) is 0 Å². The van der Waals surface area contributed by atoms with Gasteiger partial charge < -0.3 is 10.2 Å². The molecule has 2 aliphatic rings. The first-order valence-corrected chi connectivity index (χ1v) is 11.5. The van der Waals surface area contributed by atoms with Crippen LogP contribution in [0.15, 0.2) is 84.9 Å². The summed E-state index contributed by atoms with van der Waals surface area (Å²) in [7, 11) is 0. The van der Waals surface area contributed by atoms with Gasteiger partial charge in [-0.3, -0.25) is 4.79 Å². The second kappa shape index (κ2) is 10.3. The van der Waals surface area contributed by atoms with Gasteiger partial charge >= 0.3 is 0 Å². The van der Waals surface area contributed by atoms with Gasteiger partial charge in [-0.25, -0.2) is 0 Å². The molecule has 0 saturated carbocycles. The van der Waals surface area contributed by atoms with E-state index in [9.17, 15) is 4.79 Å². The van der Waals surface area contributed by atoms with Crippen molar-refractivity contribution >= 4 is 18.3 Å². The van der Waals surface area contributed by atoms with Crippen LogP contribution < -0.4 is 5.32 Å². The first-order chi connectivity index (χ1) is 15.3. The van der Waals surface area contributed by atoms with Crippen LogP contribution in [-0.4, -0.2) is 30.4 Å². The molecular formula is C28H31ClN2O. The number of carbonyl (C=O) groups excluding carboxylic acids is 1. The standard InChI is InChI=1S/C28H30N2O.ClH/c31-28-26-14-8-7-13-25(26)27(29-28)23-15-18-30(19-16-23)20-17-24(21-9-3-1-4-10-21)22-11-5-2-6-12-22;/h1-14,23-24,27H,15-20H2,(H,29,31);1H. The maximum atomic E-state index is 12.3. The molecule has 3 aromatic carbocycles. The Morgan fingerprint density at radius 2 is 1.38 bits per heavy atom. The van der Waals surface area contributed by atoms with Crippen molar-refractivity contribution in [2.75, 3.05) is 19.6 Å². The van der Waals surface area contributed by atoms with Crippen LogP contribution in [0.2, 0.25) is 0 Å². The number of piperidine rings is 1. The van der Waals surface area contributed by atoms with Gasteiger partial charge in [-0.2, -0.15) is 0 Å². The highest BCUT2D eigenvalue weighted by Gasteiger charge is 2.35. The van der Waals surface area contributed by atoms with E-state index in [4.69, 9.17) is 0 Å². The number of benzene rings is 3. The lowest BCUT2D eigenvalue weighted by Gasteiger charge is -2.35. The second-order valence-electron chi connectivity index (χ2n) is 8.88. The van der Waals surface area contributed by atoms with Crippen molar-refractivity contribution < 1.29 is 4.79 Å². The van der Waals surface area contributed by atoms with E-state index in [1.807, 2.05) is 12.1 Å². The molecule has 2 heterocycles. The summed E-state index contributed by atoms with van der Waals surface area (Å²) in [4.78, 5) is 14.9. The molecular weight excluding hydrogens is 416 g/mol. The summed E-state index contributed by atoms with van der Waals surface area (Å²) in [6.45, 7) is 3.32. The molecule has 1 N–H and O–H groups in total. The Labute approximate surface area is 197 Å². The van der Waals surface area contributed by atoms with Crippen molar-refractivity contribution in [2.24, 2.45) is 5.92 Å². The molecule has 166 valence electrons. The number of halogens is 1. The van der Waals surface area contributed by atoms with Crippen LogP contribution in [0, 0.1) is 5.92 Å². The smallest absolute Gasteiger partial charge is 0.252 e.